The third kappa shape index (κ3) is 3.45. The number of ether oxygens (including phenoxy) is 1. The van der Waals surface area contributed by atoms with Gasteiger partial charge in [-0.3, -0.25) is 20.4 Å². The molecule has 0 unspecified atom stereocenters. The van der Waals surface area contributed by atoms with E-state index >= 15 is 0 Å². The summed E-state index contributed by atoms with van der Waals surface area (Å²) < 4.78 is 5.34. The Morgan fingerprint density at radius 2 is 1.96 bits per heavy atom. The molecule has 1 aromatic rings. The van der Waals surface area contributed by atoms with Gasteiger partial charge in [-0.2, -0.15) is 5.10 Å². The number of anilines is 2. The van der Waals surface area contributed by atoms with Gasteiger partial charge in [0.1, 0.15) is 5.69 Å². The molecule has 0 spiro atoms. The van der Waals surface area contributed by atoms with Crippen molar-refractivity contribution in [1.82, 2.24) is 4.90 Å². The summed E-state index contributed by atoms with van der Waals surface area (Å²) in [6.45, 7) is 5.96. The Labute approximate surface area is 146 Å². The maximum atomic E-state index is 11.5. The van der Waals surface area contributed by atoms with Crippen LogP contribution < -0.4 is 10.3 Å². The van der Waals surface area contributed by atoms with Gasteiger partial charge in [-0.15, -0.1) is 0 Å². The van der Waals surface area contributed by atoms with Crippen LogP contribution in [-0.2, 0) is 4.74 Å². The van der Waals surface area contributed by atoms with Crippen LogP contribution in [0.4, 0.5) is 17.1 Å². The van der Waals surface area contributed by atoms with E-state index in [4.69, 9.17) is 4.74 Å². The second-order valence-corrected chi connectivity index (χ2v) is 6.82. The molecule has 4 fully saturated rings. The standard InChI is InChI=1S/C17H23N5O3/c23-22(24)17-11-14(21-7-9-25-10-8-21)1-2-15(17)18-19-16-12-20-5-3-13(16)4-6-20/h1-2,11,13,18H,3-10,12H2/b19-16+. The van der Waals surface area contributed by atoms with Gasteiger partial charge in [-0.25, -0.2) is 0 Å². The maximum absolute atomic E-state index is 11.5. The largest absolute Gasteiger partial charge is 0.378 e. The van der Waals surface area contributed by atoms with Gasteiger partial charge in [0.25, 0.3) is 5.69 Å². The van der Waals surface area contributed by atoms with E-state index in [2.05, 4.69) is 20.3 Å². The first kappa shape index (κ1) is 16.3. The van der Waals surface area contributed by atoms with Crippen molar-refractivity contribution in [1.29, 1.82) is 0 Å². The predicted octanol–water partition coefficient (Wildman–Crippen LogP) is 1.92. The summed E-state index contributed by atoms with van der Waals surface area (Å²) >= 11 is 0. The lowest BCUT2D eigenvalue weighted by Gasteiger charge is -2.39. The van der Waals surface area contributed by atoms with Gasteiger partial charge in [0.15, 0.2) is 0 Å². The molecule has 2 bridgehead atoms. The van der Waals surface area contributed by atoms with Gasteiger partial charge < -0.3 is 9.64 Å². The number of piperidine rings is 3. The van der Waals surface area contributed by atoms with E-state index in [9.17, 15) is 10.1 Å². The number of hydrogen-bond acceptors (Lipinski definition) is 7. The molecule has 134 valence electrons. The number of fused-ring (bicyclic) bond motifs is 3. The van der Waals surface area contributed by atoms with Crippen LogP contribution in [-0.4, -0.2) is 61.5 Å². The van der Waals surface area contributed by atoms with Crippen molar-refractivity contribution in [2.24, 2.45) is 11.0 Å². The van der Waals surface area contributed by atoms with E-state index in [1.807, 2.05) is 6.07 Å². The zero-order valence-electron chi connectivity index (χ0n) is 14.2. The molecule has 8 heteroatoms. The maximum Gasteiger partial charge on any atom is 0.296 e. The highest BCUT2D eigenvalue weighted by molar-refractivity contribution is 5.90. The molecule has 4 aliphatic heterocycles. The van der Waals surface area contributed by atoms with Crippen LogP contribution in [0.15, 0.2) is 23.3 Å². The third-order valence-electron chi connectivity index (χ3n) is 5.32. The van der Waals surface area contributed by atoms with Gasteiger partial charge in [0.2, 0.25) is 0 Å². The van der Waals surface area contributed by atoms with E-state index < -0.39 is 0 Å². The predicted molar refractivity (Wildman–Crippen MR) is 96.4 cm³/mol. The van der Waals surface area contributed by atoms with Crippen molar-refractivity contribution in [2.45, 2.75) is 12.8 Å². The summed E-state index contributed by atoms with van der Waals surface area (Å²) in [4.78, 5) is 15.7. The second kappa shape index (κ2) is 6.97. The molecule has 0 saturated carbocycles. The number of nitrogens with one attached hydrogen (secondary N) is 1. The summed E-state index contributed by atoms with van der Waals surface area (Å²) in [5.74, 6) is 0.518. The van der Waals surface area contributed by atoms with Crippen molar-refractivity contribution in [3.05, 3.63) is 28.3 Å². The first-order valence-corrected chi connectivity index (χ1v) is 8.86. The van der Waals surface area contributed by atoms with Crippen LogP contribution in [0.25, 0.3) is 0 Å². The molecule has 0 aliphatic carbocycles. The van der Waals surface area contributed by atoms with Gasteiger partial charge in [0.05, 0.1) is 23.8 Å². The number of nitro groups is 1. The fourth-order valence-electron chi connectivity index (χ4n) is 3.83. The highest BCUT2D eigenvalue weighted by atomic mass is 16.6. The van der Waals surface area contributed by atoms with E-state index in [-0.39, 0.29) is 10.6 Å². The molecule has 1 aromatic carbocycles. The minimum absolute atomic E-state index is 0.0645. The van der Waals surface area contributed by atoms with E-state index in [1.54, 1.807) is 12.1 Å². The zero-order valence-corrected chi connectivity index (χ0v) is 14.2. The lowest BCUT2D eigenvalue weighted by molar-refractivity contribution is -0.383. The highest BCUT2D eigenvalue weighted by Crippen LogP contribution is 2.31. The van der Waals surface area contributed by atoms with Crippen LogP contribution in [0.5, 0.6) is 0 Å². The normalized spacial score (nSPS) is 27.5. The Kier molecular flexibility index (Phi) is 4.54. The zero-order chi connectivity index (χ0) is 17.2. The Hall–Kier alpha value is -2.19. The van der Waals surface area contributed by atoms with Crippen LogP contribution in [0, 0.1) is 16.0 Å². The number of benzene rings is 1. The highest BCUT2D eigenvalue weighted by Gasteiger charge is 2.31. The van der Waals surface area contributed by atoms with Crippen LogP contribution >= 0.6 is 0 Å². The van der Waals surface area contributed by atoms with Crippen molar-refractivity contribution >= 4 is 22.8 Å². The summed E-state index contributed by atoms with van der Waals surface area (Å²) in [5.41, 5.74) is 5.44. The van der Waals surface area contributed by atoms with Crippen molar-refractivity contribution in [3.63, 3.8) is 0 Å². The van der Waals surface area contributed by atoms with Gasteiger partial charge >= 0.3 is 0 Å². The summed E-state index contributed by atoms with van der Waals surface area (Å²) in [7, 11) is 0. The quantitative estimate of drug-likeness (QED) is 0.663. The van der Waals surface area contributed by atoms with Gasteiger partial charge in [0, 0.05) is 37.3 Å². The SMILES string of the molecule is O=[N+]([O-])c1cc(N2CCOCC2)ccc1N/N=C1\CN2CCC1CC2. The number of hydrogen-bond donors (Lipinski definition) is 1. The smallest absolute Gasteiger partial charge is 0.296 e. The van der Waals surface area contributed by atoms with E-state index in [0.29, 0.717) is 24.8 Å². The average molecular weight is 345 g/mol. The van der Waals surface area contributed by atoms with Crippen LogP contribution in [0.3, 0.4) is 0 Å². The molecule has 0 aromatic heterocycles. The fourth-order valence-corrected chi connectivity index (χ4v) is 3.83. The van der Waals surface area contributed by atoms with Gasteiger partial charge in [-0.05, 0) is 38.1 Å². The molecule has 0 atom stereocenters. The molecule has 8 nitrogen and oxygen atoms in total. The molecule has 0 radical (unpaired) electrons. The lowest BCUT2D eigenvalue weighted by Crippen LogP contribution is -2.48. The van der Waals surface area contributed by atoms with E-state index in [1.165, 1.54) is 0 Å². The first-order chi connectivity index (χ1) is 12.2. The van der Waals surface area contributed by atoms with Crippen molar-refractivity contribution in [3.8, 4) is 0 Å². The summed E-state index contributed by atoms with van der Waals surface area (Å²) in [6, 6.07) is 5.30. The minimum Gasteiger partial charge on any atom is -0.378 e. The summed E-state index contributed by atoms with van der Waals surface area (Å²) in [6.07, 6.45) is 2.27. The molecular formula is C17H23N5O3. The number of nitrogens with zero attached hydrogens (tertiary/aromatic N) is 4. The minimum atomic E-state index is -0.344. The molecule has 1 N–H and O–H groups in total. The average Bonchev–Trinajstić information content (AvgIpc) is 2.68. The molecule has 4 saturated heterocycles. The monoisotopic (exact) mass is 345 g/mol. The molecule has 25 heavy (non-hydrogen) atoms. The van der Waals surface area contributed by atoms with E-state index in [0.717, 1.165) is 57.0 Å². The number of rotatable bonds is 4. The molecule has 4 heterocycles. The van der Waals surface area contributed by atoms with Crippen LogP contribution in [0.2, 0.25) is 0 Å². The molecular weight excluding hydrogens is 322 g/mol. The Morgan fingerprint density at radius 3 is 2.60 bits per heavy atom. The Balaban J connectivity index is 1.53. The summed E-state index contributed by atoms with van der Waals surface area (Å²) in [5, 5.41) is 16.0. The Bertz CT molecular complexity index is 679. The number of nitro benzene ring substituents is 1. The van der Waals surface area contributed by atoms with Gasteiger partial charge in [-0.1, -0.05) is 0 Å². The van der Waals surface area contributed by atoms with Crippen LogP contribution in [0.1, 0.15) is 12.8 Å². The number of hydrazone groups is 1. The molecule has 5 rings (SSSR count). The molecule has 0 amide bonds. The number of morpholine rings is 1. The Morgan fingerprint density at radius 1 is 1.20 bits per heavy atom. The third-order valence-corrected chi connectivity index (χ3v) is 5.32. The molecule has 4 aliphatic rings. The first-order valence-electron chi connectivity index (χ1n) is 8.86. The lowest BCUT2D eigenvalue weighted by atomic mass is 9.87. The van der Waals surface area contributed by atoms with Crippen molar-refractivity contribution < 1.29 is 9.66 Å². The second-order valence-electron chi connectivity index (χ2n) is 6.82. The van der Waals surface area contributed by atoms with Crippen molar-refractivity contribution in [2.75, 3.05) is 56.3 Å². The fraction of sp³-hybridized carbons (Fsp3) is 0.588. The topological polar surface area (TPSA) is 83.2 Å².